The predicted molar refractivity (Wildman–Crippen MR) is 55.0 cm³/mol. The SMILES string of the molecule is CNC(=O)CNCC1(O)CCCCC1. The Morgan fingerprint density at radius 3 is 2.57 bits per heavy atom. The van der Waals surface area contributed by atoms with E-state index in [1.807, 2.05) is 0 Å². The molecule has 4 heteroatoms. The molecule has 0 saturated heterocycles. The van der Waals surface area contributed by atoms with E-state index in [1.165, 1.54) is 6.42 Å². The van der Waals surface area contributed by atoms with Crippen molar-refractivity contribution in [3.05, 3.63) is 0 Å². The minimum atomic E-state index is -0.577. The van der Waals surface area contributed by atoms with Crippen LogP contribution in [0.4, 0.5) is 0 Å². The molecule has 0 heterocycles. The largest absolute Gasteiger partial charge is 0.389 e. The lowest BCUT2D eigenvalue weighted by atomic mass is 9.85. The number of carbonyl (C=O) groups excluding carboxylic acids is 1. The third kappa shape index (κ3) is 3.64. The van der Waals surface area contributed by atoms with E-state index in [1.54, 1.807) is 7.05 Å². The second-order valence-electron chi connectivity index (χ2n) is 4.06. The Kier molecular flexibility index (Phi) is 4.35. The van der Waals surface area contributed by atoms with Crippen molar-refractivity contribution in [2.75, 3.05) is 20.1 Å². The van der Waals surface area contributed by atoms with Crippen LogP contribution in [0.3, 0.4) is 0 Å². The molecule has 0 aromatic carbocycles. The highest BCUT2D eigenvalue weighted by atomic mass is 16.3. The van der Waals surface area contributed by atoms with E-state index in [0.29, 0.717) is 13.1 Å². The molecule has 4 nitrogen and oxygen atoms in total. The van der Waals surface area contributed by atoms with Crippen molar-refractivity contribution in [2.45, 2.75) is 37.7 Å². The van der Waals surface area contributed by atoms with Crippen LogP contribution >= 0.6 is 0 Å². The van der Waals surface area contributed by atoms with Gasteiger partial charge in [-0.1, -0.05) is 19.3 Å². The molecule has 1 aliphatic rings. The first-order valence-electron chi connectivity index (χ1n) is 5.30. The van der Waals surface area contributed by atoms with E-state index in [4.69, 9.17) is 0 Å². The fraction of sp³-hybridized carbons (Fsp3) is 0.900. The van der Waals surface area contributed by atoms with E-state index in [-0.39, 0.29) is 5.91 Å². The highest BCUT2D eigenvalue weighted by Gasteiger charge is 2.28. The molecular formula is C10H20N2O2. The summed E-state index contributed by atoms with van der Waals surface area (Å²) in [5, 5.41) is 15.6. The van der Waals surface area contributed by atoms with Crippen molar-refractivity contribution in [1.82, 2.24) is 10.6 Å². The molecule has 82 valence electrons. The minimum Gasteiger partial charge on any atom is -0.389 e. The molecule has 0 aliphatic heterocycles. The first-order valence-corrected chi connectivity index (χ1v) is 5.30. The van der Waals surface area contributed by atoms with Crippen LogP contribution in [0.1, 0.15) is 32.1 Å². The van der Waals surface area contributed by atoms with Gasteiger partial charge in [0.25, 0.3) is 0 Å². The molecule has 1 amide bonds. The summed E-state index contributed by atoms with van der Waals surface area (Å²) in [4.78, 5) is 10.9. The molecule has 1 aliphatic carbocycles. The van der Waals surface area contributed by atoms with Gasteiger partial charge in [-0.15, -0.1) is 0 Å². The number of nitrogens with one attached hydrogen (secondary N) is 2. The summed E-state index contributed by atoms with van der Waals surface area (Å²) in [5.74, 6) is -0.0376. The Hall–Kier alpha value is -0.610. The van der Waals surface area contributed by atoms with E-state index >= 15 is 0 Å². The Labute approximate surface area is 85.1 Å². The fourth-order valence-corrected chi connectivity index (χ4v) is 1.88. The van der Waals surface area contributed by atoms with Gasteiger partial charge >= 0.3 is 0 Å². The highest BCUT2D eigenvalue weighted by Crippen LogP contribution is 2.26. The summed E-state index contributed by atoms with van der Waals surface area (Å²) in [6, 6.07) is 0. The molecule has 3 N–H and O–H groups in total. The molecule has 0 radical (unpaired) electrons. The first kappa shape index (κ1) is 11.5. The average molecular weight is 200 g/mol. The summed E-state index contributed by atoms with van der Waals surface area (Å²) in [6.07, 6.45) is 5.12. The van der Waals surface area contributed by atoms with Gasteiger partial charge in [-0.25, -0.2) is 0 Å². The average Bonchev–Trinajstić information content (AvgIpc) is 2.18. The maximum atomic E-state index is 10.9. The van der Waals surface area contributed by atoms with Crippen molar-refractivity contribution in [3.63, 3.8) is 0 Å². The summed E-state index contributed by atoms with van der Waals surface area (Å²) in [5.41, 5.74) is -0.577. The third-order valence-corrected chi connectivity index (χ3v) is 2.80. The second kappa shape index (κ2) is 5.32. The predicted octanol–water partition coefficient (Wildman–Crippen LogP) is 0.0172. The lowest BCUT2D eigenvalue weighted by Gasteiger charge is -2.32. The third-order valence-electron chi connectivity index (χ3n) is 2.80. The molecule has 0 aromatic heterocycles. The van der Waals surface area contributed by atoms with Gasteiger partial charge < -0.3 is 15.7 Å². The molecule has 0 atom stereocenters. The summed E-state index contributed by atoms with van der Waals surface area (Å²) in [7, 11) is 1.61. The smallest absolute Gasteiger partial charge is 0.233 e. The summed E-state index contributed by atoms with van der Waals surface area (Å²) >= 11 is 0. The van der Waals surface area contributed by atoms with Gasteiger partial charge in [-0.2, -0.15) is 0 Å². The number of amides is 1. The zero-order valence-electron chi connectivity index (χ0n) is 8.81. The summed E-state index contributed by atoms with van der Waals surface area (Å²) in [6.45, 7) is 0.819. The van der Waals surface area contributed by atoms with Crippen LogP contribution in [-0.4, -0.2) is 36.8 Å². The molecule has 14 heavy (non-hydrogen) atoms. The van der Waals surface area contributed by atoms with Crippen LogP contribution in [0.5, 0.6) is 0 Å². The number of hydrogen-bond acceptors (Lipinski definition) is 3. The van der Waals surface area contributed by atoms with Gasteiger partial charge in [0.1, 0.15) is 0 Å². The topological polar surface area (TPSA) is 61.4 Å². The normalized spacial score (nSPS) is 20.4. The first-order chi connectivity index (χ1) is 6.66. The standard InChI is InChI=1S/C10H20N2O2/c1-11-9(13)7-12-8-10(14)5-3-2-4-6-10/h12,14H,2-8H2,1H3,(H,11,13). The van der Waals surface area contributed by atoms with Crippen molar-refractivity contribution in [2.24, 2.45) is 0 Å². The van der Waals surface area contributed by atoms with Gasteiger partial charge in [-0.3, -0.25) is 4.79 Å². The zero-order valence-corrected chi connectivity index (χ0v) is 8.81. The Balaban J connectivity index is 2.18. The van der Waals surface area contributed by atoms with Gasteiger partial charge in [0.15, 0.2) is 0 Å². The van der Waals surface area contributed by atoms with Crippen LogP contribution < -0.4 is 10.6 Å². The quantitative estimate of drug-likeness (QED) is 0.599. The van der Waals surface area contributed by atoms with Crippen molar-refractivity contribution in [1.29, 1.82) is 0 Å². The number of rotatable bonds is 4. The van der Waals surface area contributed by atoms with Crippen LogP contribution in [0.25, 0.3) is 0 Å². The molecule has 0 bridgehead atoms. The van der Waals surface area contributed by atoms with Crippen LogP contribution in [0, 0.1) is 0 Å². The Morgan fingerprint density at radius 1 is 1.36 bits per heavy atom. The maximum Gasteiger partial charge on any atom is 0.233 e. The van der Waals surface area contributed by atoms with Gasteiger partial charge in [0.2, 0.25) is 5.91 Å². The van der Waals surface area contributed by atoms with Gasteiger partial charge in [-0.05, 0) is 12.8 Å². The monoisotopic (exact) mass is 200 g/mol. The van der Waals surface area contributed by atoms with Crippen LogP contribution in [0.15, 0.2) is 0 Å². The number of hydrogen-bond donors (Lipinski definition) is 3. The van der Waals surface area contributed by atoms with E-state index < -0.39 is 5.60 Å². The lowest BCUT2D eigenvalue weighted by molar-refractivity contribution is -0.119. The Morgan fingerprint density at radius 2 is 2.00 bits per heavy atom. The Bertz CT molecular complexity index is 189. The molecule has 1 saturated carbocycles. The molecule has 1 fully saturated rings. The lowest BCUT2D eigenvalue weighted by Crippen LogP contribution is -2.44. The van der Waals surface area contributed by atoms with Crippen LogP contribution in [0.2, 0.25) is 0 Å². The fourth-order valence-electron chi connectivity index (χ4n) is 1.88. The molecule has 0 unspecified atom stereocenters. The van der Waals surface area contributed by atoms with Crippen LogP contribution in [-0.2, 0) is 4.79 Å². The van der Waals surface area contributed by atoms with Gasteiger partial charge in [0, 0.05) is 13.6 Å². The highest BCUT2D eigenvalue weighted by molar-refractivity contribution is 5.77. The summed E-state index contributed by atoms with van der Waals surface area (Å²) < 4.78 is 0. The van der Waals surface area contributed by atoms with Crippen molar-refractivity contribution in [3.8, 4) is 0 Å². The second-order valence-corrected chi connectivity index (χ2v) is 4.06. The van der Waals surface area contributed by atoms with Crippen molar-refractivity contribution >= 4 is 5.91 Å². The van der Waals surface area contributed by atoms with E-state index in [9.17, 15) is 9.90 Å². The number of carbonyl (C=O) groups is 1. The van der Waals surface area contributed by atoms with Crippen molar-refractivity contribution < 1.29 is 9.90 Å². The zero-order chi connectivity index (χ0) is 10.4. The molecule has 0 spiro atoms. The molecule has 1 rings (SSSR count). The molecular weight excluding hydrogens is 180 g/mol. The van der Waals surface area contributed by atoms with Gasteiger partial charge in [0.05, 0.1) is 12.1 Å². The van der Waals surface area contributed by atoms with E-state index in [0.717, 1.165) is 25.7 Å². The number of aliphatic hydroxyl groups is 1. The molecule has 0 aromatic rings. The van der Waals surface area contributed by atoms with E-state index in [2.05, 4.69) is 10.6 Å². The minimum absolute atomic E-state index is 0.0376. The number of likely N-dealkylation sites (N-methyl/N-ethyl adjacent to an activating group) is 1. The maximum absolute atomic E-state index is 10.9.